The van der Waals surface area contributed by atoms with E-state index in [1.54, 1.807) is 18.2 Å². The van der Waals surface area contributed by atoms with Crippen LogP contribution in [0.5, 0.6) is 11.5 Å². The Morgan fingerprint density at radius 1 is 1.00 bits per heavy atom. The maximum atomic E-state index is 12.6. The Bertz CT molecular complexity index is 866. The summed E-state index contributed by atoms with van der Waals surface area (Å²) in [5.41, 5.74) is 0.655. The van der Waals surface area contributed by atoms with Crippen molar-refractivity contribution in [2.75, 3.05) is 14.2 Å². The van der Waals surface area contributed by atoms with Gasteiger partial charge in [-0.25, -0.2) is 4.79 Å². The second-order valence-corrected chi connectivity index (χ2v) is 5.46. The van der Waals surface area contributed by atoms with Gasteiger partial charge >= 0.3 is 12.1 Å². The number of benzene rings is 2. The molecule has 0 fully saturated rings. The van der Waals surface area contributed by atoms with E-state index in [9.17, 15) is 18.0 Å². The van der Waals surface area contributed by atoms with E-state index in [1.807, 2.05) is 0 Å². The number of halogens is 3. The van der Waals surface area contributed by atoms with Crippen LogP contribution in [0, 0.1) is 0 Å². The molecule has 0 amide bonds. The Hall–Kier alpha value is -3.22. The van der Waals surface area contributed by atoms with Gasteiger partial charge in [0, 0.05) is 6.08 Å². The first kappa shape index (κ1) is 20.1. The Labute approximate surface area is 154 Å². The number of carbonyl (C=O) groups is 1. The highest BCUT2D eigenvalue weighted by molar-refractivity contribution is 5.94. The summed E-state index contributed by atoms with van der Waals surface area (Å²) < 4.78 is 48.2. The third-order valence-corrected chi connectivity index (χ3v) is 3.69. The van der Waals surface area contributed by atoms with Crippen LogP contribution >= 0.6 is 0 Å². The molecule has 0 aliphatic heterocycles. The second-order valence-electron chi connectivity index (χ2n) is 5.46. The van der Waals surface area contributed by atoms with Crippen molar-refractivity contribution in [2.45, 2.75) is 6.18 Å². The summed E-state index contributed by atoms with van der Waals surface area (Å²) in [6, 6.07) is 9.47. The minimum absolute atomic E-state index is 0.350. The number of hydrogen-bond acceptors (Lipinski definition) is 3. The third kappa shape index (κ3) is 5.37. The van der Waals surface area contributed by atoms with Crippen molar-refractivity contribution in [2.24, 2.45) is 0 Å². The van der Waals surface area contributed by atoms with Crippen molar-refractivity contribution in [3.63, 3.8) is 0 Å². The molecular formula is C20H17F3O4. The van der Waals surface area contributed by atoms with E-state index in [0.29, 0.717) is 28.2 Å². The molecule has 0 saturated heterocycles. The number of carboxylic acid groups (broad SMARTS) is 1. The van der Waals surface area contributed by atoms with Crippen LogP contribution in [0.3, 0.4) is 0 Å². The lowest BCUT2D eigenvalue weighted by atomic mass is 10.0. The molecular weight excluding hydrogens is 361 g/mol. The first-order valence-electron chi connectivity index (χ1n) is 7.77. The molecule has 0 aromatic heterocycles. The standard InChI is InChI=1S/C20H17F3O4/c1-26-17-10-7-14(11-18(17)27-2)15(12-19(24)25)6-3-13-4-8-16(9-5-13)20(21,22)23/h3-12H,1-2H3,(H,24,25)/b6-3+,15-12+. The molecule has 4 nitrogen and oxygen atoms in total. The summed E-state index contributed by atoms with van der Waals surface area (Å²) in [5.74, 6) is -0.242. The van der Waals surface area contributed by atoms with E-state index in [-0.39, 0.29) is 0 Å². The summed E-state index contributed by atoms with van der Waals surface area (Å²) in [7, 11) is 2.94. The van der Waals surface area contributed by atoms with Crippen molar-refractivity contribution in [1.29, 1.82) is 0 Å². The number of methoxy groups -OCH3 is 2. The van der Waals surface area contributed by atoms with E-state index < -0.39 is 17.7 Å². The highest BCUT2D eigenvalue weighted by Gasteiger charge is 2.29. The van der Waals surface area contributed by atoms with Crippen molar-refractivity contribution < 1.29 is 32.5 Å². The van der Waals surface area contributed by atoms with Crippen LogP contribution in [-0.4, -0.2) is 25.3 Å². The summed E-state index contributed by atoms with van der Waals surface area (Å²) in [6.07, 6.45) is -0.359. The van der Waals surface area contributed by atoms with Gasteiger partial charge in [-0.15, -0.1) is 0 Å². The molecule has 0 bridgehead atoms. The van der Waals surface area contributed by atoms with Gasteiger partial charge in [-0.05, 0) is 41.0 Å². The molecule has 7 heteroatoms. The van der Waals surface area contributed by atoms with Gasteiger partial charge in [0.15, 0.2) is 11.5 Å². The minimum atomic E-state index is -4.41. The Kier molecular flexibility index (Phi) is 6.28. The van der Waals surface area contributed by atoms with E-state index in [1.165, 1.54) is 38.5 Å². The first-order chi connectivity index (χ1) is 12.7. The van der Waals surface area contributed by atoms with Crippen LogP contribution in [0.15, 0.2) is 54.6 Å². The predicted molar refractivity (Wildman–Crippen MR) is 95.6 cm³/mol. The number of ether oxygens (including phenoxy) is 2. The summed E-state index contributed by atoms with van der Waals surface area (Å²) in [6.45, 7) is 0. The van der Waals surface area contributed by atoms with E-state index in [0.717, 1.165) is 18.2 Å². The molecule has 142 valence electrons. The van der Waals surface area contributed by atoms with Crippen LogP contribution in [0.4, 0.5) is 13.2 Å². The smallest absolute Gasteiger partial charge is 0.416 e. The van der Waals surface area contributed by atoms with E-state index >= 15 is 0 Å². The molecule has 0 heterocycles. The number of allylic oxidation sites excluding steroid dienone is 2. The van der Waals surface area contributed by atoms with Crippen LogP contribution < -0.4 is 9.47 Å². The number of rotatable bonds is 6. The third-order valence-electron chi connectivity index (χ3n) is 3.69. The highest BCUT2D eigenvalue weighted by atomic mass is 19.4. The van der Waals surface area contributed by atoms with Crippen LogP contribution in [0.25, 0.3) is 11.6 Å². The molecule has 0 unspecified atom stereocenters. The predicted octanol–water partition coefficient (Wildman–Crippen LogP) is 4.90. The van der Waals surface area contributed by atoms with Crippen molar-refractivity contribution in [1.82, 2.24) is 0 Å². The van der Waals surface area contributed by atoms with Gasteiger partial charge in [0.1, 0.15) is 0 Å². The van der Waals surface area contributed by atoms with Gasteiger partial charge in [-0.1, -0.05) is 30.4 Å². The summed E-state index contributed by atoms with van der Waals surface area (Å²) in [4.78, 5) is 11.1. The van der Waals surface area contributed by atoms with Crippen LogP contribution in [0.1, 0.15) is 16.7 Å². The number of alkyl halides is 3. The summed E-state index contributed by atoms with van der Waals surface area (Å²) >= 11 is 0. The number of carboxylic acids is 1. The zero-order valence-corrected chi connectivity index (χ0v) is 14.6. The van der Waals surface area contributed by atoms with Gasteiger partial charge in [0.25, 0.3) is 0 Å². The average Bonchev–Trinajstić information content (AvgIpc) is 2.63. The molecule has 2 rings (SSSR count). The van der Waals surface area contributed by atoms with Gasteiger partial charge in [-0.2, -0.15) is 13.2 Å². The second kappa shape index (κ2) is 8.44. The number of hydrogen-bond donors (Lipinski definition) is 1. The molecule has 0 saturated carbocycles. The minimum Gasteiger partial charge on any atom is -0.493 e. The molecule has 1 N–H and O–H groups in total. The molecule has 27 heavy (non-hydrogen) atoms. The van der Waals surface area contributed by atoms with Crippen molar-refractivity contribution >= 4 is 17.6 Å². The average molecular weight is 378 g/mol. The van der Waals surface area contributed by atoms with E-state index in [4.69, 9.17) is 14.6 Å². The topological polar surface area (TPSA) is 55.8 Å². The van der Waals surface area contributed by atoms with Crippen molar-refractivity contribution in [3.05, 3.63) is 71.3 Å². The molecule has 2 aromatic rings. The molecule has 0 spiro atoms. The molecule has 0 atom stereocenters. The quantitative estimate of drug-likeness (QED) is 0.574. The van der Waals surface area contributed by atoms with Crippen molar-refractivity contribution in [3.8, 4) is 11.5 Å². The highest BCUT2D eigenvalue weighted by Crippen LogP contribution is 2.32. The van der Waals surface area contributed by atoms with Crippen LogP contribution in [-0.2, 0) is 11.0 Å². The van der Waals surface area contributed by atoms with Gasteiger partial charge in [0.2, 0.25) is 0 Å². The molecule has 0 aliphatic carbocycles. The lowest BCUT2D eigenvalue weighted by molar-refractivity contribution is -0.137. The van der Waals surface area contributed by atoms with Crippen LogP contribution in [0.2, 0.25) is 0 Å². The zero-order valence-electron chi connectivity index (χ0n) is 14.6. The Morgan fingerprint density at radius 3 is 2.15 bits per heavy atom. The van der Waals surface area contributed by atoms with Gasteiger partial charge in [0.05, 0.1) is 19.8 Å². The number of aliphatic carboxylic acids is 1. The van der Waals surface area contributed by atoms with Gasteiger partial charge < -0.3 is 14.6 Å². The monoisotopic (exact) mass is 378 g/mol. The van der Waals surface area contributed by atoms with Gasteiger partial charge in [-0.3, -0.25) is 0 Å². The zero-order chi connectivity index (χ0) is 20.0. The maximum absolute atomic E-state index is 12.6. The lowest BCUT2D eigenvalue weighted by Crippen LogP contribution is -2.03. The lowest BCUT2D eigenvalue weighted by Gasteiger charge is -2.10. The SMILES string of the molecule is COc1ccc(C(/C=C/c2ccc(C(F)(F)F)cc2)=C/C(=O)O)cc1OC. The Morgan fingerprint density at radius 2 is 1.63 bits per heavy atom. The molecule has 2 aromatic carbocycles. The molecule has 0 aliphatic rings. The maximum Gasteiger partial charge on any atom is 0.416 e. The first-order valence-corrected chi connectivity index (χ1v) is 7.77. The molecule has 0 radical (unpaired) electrons. The fourth-order valence-electron chi connectivity index (χ4n) is 2.35. The fraction of sp³-hybridized carbons (Fsp3) is 0.150. The summed E-state index contributed by atoms with van der Waals surface area (Å²) in [5, 5.41) is 9.10. The van der Waals surface area contributed by atoms with E-state index in [2.05, 4.69) is 0 Å². The Balaban J connectivity index is 2.35. The normalized spacial score (nSPS) is 12.3. The fourth-order valence-corrected chi connectivity index (χ4v) is 2.35. The largest absolute Gasteiger partial charge is 0.493 e.